The molecule has 0 bridgehead atoms. The van der Waals surface area contributed by atoms with Crippen molar-refractivity contribution in [3.63, 3.8) is 0 Å². The van der Waals surface area contributed by atoms with Gasteiger partial charge in [0.05, 0.1) is 16.0 Å². The van der Waals surface area contributed by atoms with Crippen LogP contribution in [0.3, 0.4) is 0 Å². The van der Waals surface area contributed by atoms with Crippen LogP contribution in [-0.4, -0.2) is 38.6 Å². The lowest BCUT2D eigenvalue weighted by Gasteiger charge is -2.33. The zero-order valence-corrected chi connectivity index (χ0v) is 20.8. The van der Waals surface area contributed by atoms with Crippen LogP contribution in [0.1, 0.15) is 45.5 Å². The molecule has 3 N–H and O–H groups in total. The van der Waals surface area contributed by atoms with Crippen molar-refractivity contribution < 1.29 is 9.11 Å². The van der Waals surface area contributed by atoms with Gasteiger partial charge in [0, 0.05) is 24.5 Å². The zero-order valence-electron chi connectivity index (χ0n) is 19.9. The summed E-state index contributed by atoms with van der Waals surface area (Å²) < 4.78 is 26.6. The molecule has 0 saturated carbocycles. The number of aromatic nitrogens is 6. The fourth-order valence-corrected chi connectivity index (χ4v) is 6.70. The lowest BCUT2D eigenvalue weighted by molar-refractivity contribution is 0.343. The maximum atomic E-state index is 10.7. The normalized spacial score (nSPS) is 20.1. The molecule has 178 valence electrons. The first-order valence-electron chi connectivity index (χ1n) is 11.4. The van der Waals surface area contributed by atoms with Crippen molar-refractivity contribution in [2.75, 3.05) is 0 Å². The van der Waals surface area contributed by atoms with Gasteiger partial charge < -0.3 is 4.57 Å². The molecule has 0 radical (unpaired) electrons. The predicted octanol–water partition coefficient (Wildman–Crippen LogP) is 5.17. The lowest BCUT2D eigenvalue weighted by Crippen LogP contribution is -2.36. The highest BCUT2D eigenvalue weighted by atomic mass is 32.3. The molecule has 0 amide bonds. The minimum atomic E-state index is -3.06. The van der Waals surface area contributed by atoms with E-state index in [-0.39, 0.29) is 0 Å². The number of imidazole rings is 1. The van der Waals surface area contributed by atoms with Crippen molar-refractivity contribution in [3.8, 4) is 22.6 Å². The molecular formula is C24H29N7O2S. The largest absolute Gasteiger partial charge is 0.309 e. The van der Waals surface area contributed by atoms with Gasteiger partial charge in [-0.15, -0.1) is 10.8 Å². The molecule has 0 fully saturated rings. The first-order chi connectivity index (χ1) is 16.1. The minimum absolute atomic E-state index is 0.368. The smallest absolute Gasteiger partial charge is 0.164 e. The number of hydrogen-bond acceptors (Lipinski definition) is 8. The van der Waals surface area contributed by atoms with Crippen molar-refractivity contribution in [3.05, 3.63) is 48.3 Å². The topological polar surface area (TPSA) is 122 Å². The van der Waals surface area contributed by atoms with E-state index < -0.39 is 16.3 Å². The van der Waals surface area contributed by atoms with Gasteiger partial charge in [-0.1, -0.05) is 19.9 Å². The molecule has 10 heteroatoms. The average Bonchev–Trinajstić information content (AvgIpc) is 3.25. The van der Waals surface area contributed by atoms with E-state index >= 15 is 0 Å². The van der Waals surface area contributed by atoms with E-state index in [4.69, 9.17) is 4.98 Å². The van der Waals surface area contributed by atoms with Gasteiger partial charge in [-0.25, -0.2) is 29.6 Å². The highest BCUT2D eigenvalue weighted by Gasteiger charge is 2.43. The van der Waals surface area contributed by atoms with Crippen LogP contribution in [0.4, 0.5) is 0 Å². The molecule has 1 aliphatic rings. The number of benzene rings is 1. The summed E-state index contributed by atoms with van der Waals surface area (Å²) in [6, 6.07) is 5.67. The summed E-state index contributed by atoms with van der Waals surface area (Å²) in [5, 5.41) is 0. The third-order valence-electron chi connectivity index (χ3n) is 6.23. The summed E-state index contributed by atoms with van der Waals surface area (Å²) in [5.41, 5.74) is 4.11. The van der Waals surface area contributed by atoms with Crippen molar-refractivity contribution in [2.45, 2.75) is 58.0 Å². The van der Waals surface area contributed by atoms with Crippen LogP contribution in [0.15, 0.2) is 41.8 Å². The molecule has 1 aliphatic heterocycles. The van der Waals surface area contributed by atoms with Crippen LogP contribution in [-0.2, 0) is 12.1 Å². The number of fused-ring (bicyclic) bond motifs is 2. The summed E-state index contributed by atoms with van der Waals surface area (Å²) in [6.07, 6.45) is 5.85. The van der Waals surface area contributed by atoms with E-state index in [1.165, 1.54) is 0 Å². The van der Waals surface area contributed by atoms with Crippen molar-refractivity contribution in [1.29, 1.82) is 0 Å². The van der Waals surface area contributed by atoms with Gasteiger partial charge in [-0.2, -0.15) is 0 Å². The van der Waals surface area contributed by atoms with Gasteiger partial charge in [0.15, 0.2) is 5.65 Å². The van der Waals surface area contributed by atoms with Crippen molar-refractivity contribution in [2.24, 2.45) is 5.92 Å². The monoisotopic (exact) mass is 479 g/mol. The molecule has 4 aromatic rings. The molecular weight excluding hydrogens is 450 g/mol. The van der Waals surface area contributed by atoms with Gasteiger partial charge in [-0.05, 0) is 50.8 Å². The van der Waals surface area contributed by atoms with Gasteiger partial charge in [0.1, 0.15) is 29.2 Å². The van der Waals surface area contributed by atoms with E-state index in [1.54, 1.807) is 24.8 Å². The Labute approximate surface area is 200 Å². The number of aryl methyl sites for hydroxylation is 2. The second-order valence-corrected chi connectivity index (χ2v) is 11.1. The SMILES string of the molecule is CCn1c(-c2cnc(C)nc2)nc2c(-c3ccc4c(c3)C(C)(CC(C)C)NS4(O)O)ncnc21. The highest BCUT2D eigenvalue weighted by Crippen LogP contribution is 2.58. The average molecular weight is 480 g/mol. The van der Waals surface area contributed by atoms with Crippen molar-refractivity contribution in [1.82, 2.24) is 34.2 Å². The van der Waals surface area contributed by atoms with E-state index in [0.29, 0.717) is 34.4 Å². The second kappa shape index (κ2) is 8.09. The van der Waals surface area contributed by atoms with Gasteiger partial charge in [0.2, 0.25) is 0 Å². The van der Waals surface area contributed by atoms with E-state index in [0.717, 1.165) is 34.6 Å². The quantitative estimate of drug-likeness (QED) is 0.358. The first kappa shape index (κ1) is 22.9. The third kappa shape index (κ3) is 3.67. The lowest BCUT2D eigenvalue weighted by atomic mass is 9.84. The third-order valence-corrected chi connectivity index (χ3v) is 7.93. The van der Waals surface area contributed by atoms with Crippen LogP contribution in [0.25, 0.3) is 33.8 Å². The van der Waals surface area contributed by atoms with Crippen LogP contribution in [0.2, 0.25) is 0 Å². The Morgan fingerprint density at radius 2 is 1.82 bits per heavy atom. The van der Waals surface area contributed by atoms with Crippen LogP contribution in [0.5, 0.6) is 0 Å². The van der Waals surface area contributed by atoms with Crippen LogP contribution < -0.4 is 4.72 Å². The Kier molecular flexibility index (Phi) is 5.44. The van der Waals surface area contributed by atoms with Gasteiger partial charge >= 0.3 is 0 Å². The Bertz CT molecular complexity index is 1380. The van der Waals surface area contributed by atoms with E-state index in [1.807, 2.05) is 37.5 Å². The predicted molar refractivity (Wildman–Crippen MR) is 133 cm³/mol. The Morgan fingerprint density at radius 3 is 2.50 bits per heavy atom. The Morgan fingerprint density at radius 1 is 1.09 bits per heavy atom. The fourth-order valence-electron chi connectivity index (χ4n) is 4.92. The second-order valence-electron chi connectivity index (χ2n) is 9.39. The van der Waals surface area contributed by atoms with E-state index in [2.05, 4.69) is 38.5 Å². The molecule has 34 heavy (non-hydrogen) atoms. The summed E-state index contributed by atoms with van der Waals surface area (Å²) >= 11 is 0. The molecule has 0 spiro atoms. The first-order valence-corrected chi connectivity index (χ1v) is 12.9. The number of hydrogen-bond donors (Lipinski definition) is 3. The van der Waals surface area contributed by atoms with Crippen LogP contribution in [0, 0.1) is 12.8 Å². The number of rotatable bonds is 5. The summed E-state index contributed by atoms with van der Waals surface area (Å²) in [6.45, 7) is 10.8. The van der Waals surface area contributed by atoms with Gasteiger partial charge in [-0.3, -0.25) is 9.11 Å². The minimum Gasteiger partial charge on any atom is -0.309 e. The zero-order chi connectivity index (χ0) is 24.3. The summed E-state index contributed by atoms with van der Waals surface area (Å²) in [7, 11) is -3.06. The molecule has 1 unspecified atom stereocenters. The summed E-state index contributed by atoms with van der Waals surface area (Å²) in [4.78, 5) is 23.2. The van der Waals surface area contributed by atoms with Crippen LogP contribution >= 0.6 is 10.8 Å². The molecule has 5 rings (SSSR count). The maximum absolute atomic E-state index is 10.7. The summed E-state index contributed by atoms with van der Waals surface area (Å²) in [5.74, 6) is 1.80. The number of nitrogens with zero attached hydrogens (tertiary/aromatic N) is 6. The van der Waals surface area contributed by atoms with E-state index in [9.17, 15) is 9.11 Å². The van der Waals surface area contributed by atoms with Gasteiger partial charge in [0.25, 0.3) is 0 Å². The Hall–Kier alpha value is -2.92. The van der Waals surface area contributed by atoms with Crippen molar-refractivity contribution >= 4 is 21.9 Å². The molecule has 3 aromatic heterocycles. The fraction of sp³-hybridized carbons (Fsp3) is 0.375. The maximum Gasteiger partial charge on any atom is 0.164 e. The standard InChI is InChI=1S/C24H29N7O2S/c1-6-31-22(17-11-25-15(4)26-12-17)29-21-20(27-13-28-23(21)31)16-7-8-19-18(9-16)24(5,10-14(2)3)30-34(19,32)33/h7-9,11-14,30,32-33H,6,10H2,1-5H3. The highest BCUT2D eigenvalue weighted by molar-refractivity contribution is 8.23. The molecule has 4 heterocycles. The molecule has 9 nitrogen and oxygen atoms in total. The molecule has 0 saturated heterocycles. The molecule has 1 atom stereocenters. The molecule has 0 aliphatic carbocycles. The number of nitrogens with one attached hydrogen (secondary N) is 1. The molecule has 1 aromatic carbocycles. The Balaban J connectivity index is 1.69.